The van der Waals surface area contributed by atoms with Gasteiger partial charge in [0.2, 0.25) is 0 Å². The Morgan fingerprint density at radius 3 is 0.779 bits per heavy atom. The summed E-state index contributed by atoms with van der Waals surface area (Å²) < 4.78 is 0. The van der Waals surface area contributed by atoms with Crippen molar-refractivity contribution in [3.8, 4) is 0 Å². The number of benzene rings is 1. The van der Waals surface area contributed by atoms with Crippen molar-refractivity contribution in [1.82, 2.24) is 4.98 Å². The second kappa shape index (κ2) is 184. The molecule has 0 unspecified atom stereocenters. The van der Waals surface area contributed by atoms with Gasteiger partial charge in [-0.3, -0.25) is 9.79 Å². The van der Waals surface area contributed by atoms with Gasteiger partial charge < -0.3 is 231 Å². The standard InChI is InChI=1S/C11H12N2O.C6H14N4O.3C6H13NO.C5H9NO3.2C5H11NO.C3H7NO2.7C3H7NO.2C2H5NO.3C2H6S.2C2H6.3CH4.2CH3.Y/c12-9(7-14)5-8-6-13-11-4-2-1-3-10(8)11;7-5(4-11)2-1-3-10-6(8)9;1-5(2)3-6(7)4-8;2*1-3-5(2)6(7)4-8;6-4(3-7)1-2-5(8)9;2*1-4(2)5(6)3-7;4-3(1-5)2-6;7*1-3(4)2-5;2*3-1-2-4;3*1-3-2;2*1-2;;;;;;/h1-4,6-7,9,13H,5,12H2;4-5H,1-3,7H2,(H4,8,9,10);3*4-6H,3,7H2,1-2H3;3-4H,1-2,6H2,(H,8,9);2*3-5H,6H2,1-2H3;1,3,6H,2,4H2;7*2-3H,4H2,1H3;2*2H,1,3H2;3*1-2H3;2*1-2H3;3*1H4;2*1H3;/q;;;;;;;;;;;;;;;;;;;;;;;;;;2*-1;/t9-;5-;6-;2*5-,6+;4-;2*5-;8*3-;;;;;;;;;;;;;/m0000001110000000............./s1. The molecule has 43 N–H and O–H groups in total. The van der Waals surface area contributed by atoms with Gasteiger partial charge in [0.15, 0.2) is 5.96 Å². The van der Waals surface area contributed by atoms with E-state index in [2.05, 4.69) is 21.4 Å². The molecule has 0 saturated heterocycles. The number of aldehydes is 18. The number of nitrogens with two attached hydrogens (primary N) is 20. The van der Waals surface area contributed by atoms with E-state index in [1.54, 1.807) is 83.8 Å². The van der Waals surface area contributed by atoms with E-state index in [1.165, 1.54) is 0 Å². The number of thioether (sulfide) groups is 3. The number of guanidine groups is 1. The van der Waals surface area contributed by atoms with Crippen LogP contribution in [0.4, 0.5) is 0 Å². The molecule has 1 heterocycles. The molecule has 841 valence electrons. The predicted octanol–water partition coefficient (Wildman–Crippen LogP) is 2.51. The Bertz CT molecular complexity index is 2660. The van der Waals surface area contributed by atoms with Crippen molar-refractivity contribution in [1.29, 1.82) is 0 Å². The van der Waals surface area contributed by atoms with E-state index >= 15 is 0 Å². The molecule has 2 rings (SSSR count). The molecule has 1 aromatic heterocycles. The normalized spacial score (nSPS) is 12.2. The first-order chi connectivity index (χ1) is 62.4. The van der Waals surface area contributed by atoms with E-state index in [0.29, 0.717) is 106 Å². The second-order valence-corrected chi connectivity index (χ2v) is 30.3. The molecule has 18 atom stereocenters. The number of aromatic amines is 1. The van der Waals surface area contributed by atoms with Crippen LogP contribution in [-0.4, -0.2) is 301 Å². The molecule has 1 aromatic carbocycles. The maximum absolute atomic E-state index is 10.4. The van der Waals surface area contributed by atoms with E-state index in [0.717, 1.165) is 86.2 Å². The quantitative estimate of drug-likeness (QED) is 0.0153. The van der Waals surface area contributed by atoms with E-state index in [9.17, 15) is 81.5 Å². The van der Waals surface area contributed by atoms with Crippen LogP contribution < -0.4 is 115 Å². The maximum atomic E-state index is 10.4. The average molecular weight is 2160 g/mol. The zero-order valence-corrected chi connectivity index (χ0v) is 93.6. The molecule has 2 aromatic rings. The molecule has 0 spiro atoms. The molecule has 0 amide bonds. The van der Waals surface area contributed by atoms with Crippen LogP contribution in [0.15, 0.2) is 35.5 Å². The number of aliphatic imine (C=N–C) groups is 1. The number of carbonyl (C=O) groups excluding carboxylic acids is 18. The first-order valence-electron chi connectivity index (χ1n) is 42.6. The van der Waals surface area contributed by atoms with Gasteiger partial charge in [0, 0.05) is 75.9 Å². The number of carboxylic acid groups (broad SMARTS) is 1. The number of aliphatic carboxylic acids is 1. The van der Waals surface area contributed by atoms with Gasteiger partial charge in [0.25, 0.3) is 0 Å². The van der Waals surface area contributed by atoms with E-state index in [1.807, 2.05) is 165 Å². The monoisotopic (exact) mass is 2160 g/mol. The number of aliphatic hydroxyl groups is 1. The van der Waals surface area contributed by atoms with Crippen molar-refractivity contribution < 1.29 is 134 Å². The Morgan fingerprint density at radius 2 is 0.629 bits per heavy atom. The zero-order valence-electron chi connectivity index (χ0n) is 88.3. The van der Waals surface area contributed by atoms with Crippen LogP contribution in [-0.2, 0) is 130 Å². The fourth-order valence-corrected chi connectivity index (χ4v) is 4.33. The van der Waals surface area contributed by atoms with Crippen molar-refractivity contribution in [2.75, 3.05) is 63.8 Å². The van der Waals surface area contributed by atoms with Crippen LogP contribution in [0.1, 0.15) is 218 Å². The SMILES string of the molecule is C.C.C.CC.CC.CC(C)C[C@H](N)C=O.CC(C)[C@H](N)C=O.CC(C)[C@H](N)C=O.CC[C@H](C)[C@H](N)C=O.CC[C@H](C)[C@H](N)C=O.CSC.CSC.CSC.C[C@H](N)C=O.C[C@H](N)C=O.C[C@H](N)C=O.C[C@H](N)C=O.C[C@H](N)C=O.C[C@H](N)C=O.C[C@H](N)C=O.NC(N)=NCCC[C@H](N)C=O.NCC=O.NCC=O.N[C@H](C=O)CCC(=O)O.N[C@H](C=O)CO.N[C@H](C=O)Cc1c[nH]c2ccccc12.[CH3-].[CH3-].[Y]. The Balaban J connectivity index is -0.0000000386. The van der Waals surface area contributed by atoms with Crippen molar-refractivity contribution in [3.63, 3.8) is 0 Å². The molecule has 0 aliphatic heterocycles. The number of hydrogen-bond donors (Lipinski definition) is 23. The zero-order chi connectivity index (χ0) is 111. The van der Waals surface area contributed by atoms with Crippen LogP contribution in [0.5, 0.6) is 0 Å². The summed E-state index contributed by atoms with van der Waals surface area (Å²) in [6, 6.07) is 2.47. The molecule has 47 heteroatoms. The predicted molar refractivity (Wildman–Crippen MR) is 593 cm³/mol. The Hall–Kier alpha value is -7.05. The van der Waals surface area contributed by atoms with E-state index in [4.69, 9.17) is 123 Å². The van der Waals surface area contributed by atoms with Crippen LogP contribution in [0.3, 0.4) is 0 Å². The van der Waals surface area contributed by atoms with Gasteiger partial charge in [-0.15, -0.1) is 0 Å². The van der Waals surface area contributed by atoms with Gasteiger partial charge in [-0.1, -0.05) is 150 Å². The summed E-state index contributed by atoms with van der Waals surface area (Å²) in [5.41, 5.74) is 103. The van der Waals surface area contributed by atoms with Crippen molar-refractivity contribution in [3.05, 3.63) is 50.9 Å². The minimum atomic E-state index is -0.924. The Labute approximate surface area is 884 Å². The molecule has 43 nitrogen and oxygen atoms in total. The molecule has 0 aliphatic carbocycles. The summed E-state index contributed by atoms with van der Waals surface area (Å²) in [7, 11) is 0. The molecule has 1 radical (unpaired) electrons. The van der Waals surface area contributed by atoms with Gasteiger partial charge in [-0.05, 0) is 159 Å². The van der Waals surface area contributed by atoms with Crippen LogP contribution in [0.25, 0.3) is 10.9 Å². The number of rotatable bonds is 36. The maximum Gasteiger partial charge on any atom is 0.303 e. The first kappa shape index (κ1) is 206. The molecule has 0 bridgehead atoms. The van der Waals surface area contributed by atoms with E-state index in [-0.39, 0.29) is 199 Å². The largest absolute Gasteiger partial charge is 0.481 e. The molecular weight excluding hydrogens is 1950 g/mol. The van der Waals surface area contributed by atoms with Gasteiger partial charge in [-0.2, -0.15) is 35.3 Å². The third kappa shape index (κ3) is 279. The van der Waals surface area contributed by atoms with E-state index < -0.39 is 24.1 Å². The van der Waals surface area contributed by atoms with Crippen LogP contribution in [0.2, 0.25) is 0 Å². The number of para-hydroxylation sites is 1. The molecule has 0 fully saturated rings. The number of nitrogens with zero attached hydrogens (tertiary/aromatic N) is 1. The minimum absolute atomic E-state index is 0. The number of nitrogens with one attached hydrogen (secondary N) is 1. The summed E-state index contributed by atoms with van der Waals surface area (Å²) in [4.78, 5) is 190. The smallest absolute Gasteiger partial charge is 0.303 e. The van der Waals surface area contributed by atoms with Crippen LogP contribution in [0, 0.1) is 44.4 Å². The number of hydrogen-bond acceptors (Lipinski definition) is 42. The van der Waals surface area contributed by atoms with Crippen molar-refractivity contribution in [2.45, 2.75) is 316 Å². The third-order valence-corrected chi connectivity index (χ3v) is 12.1. The number of carbonyl (C=O) groups is 19. The summed E-state index contributed by atoms with van der Waals surface area (Å²) in [5.74, 6) is 0.877. The number of H-pyrrole nitrogens is 1. The van der Waals surface area contributed by atoms with Gasteiger partial charge in [0.05, 0.1) is 103 Å². The van der Waals surface area contributed by atoms with Crippen LogP contribution >= 0.6 is 35.3 Å². The fourth-order valence-electron chi connectivity index (χ4n) is 4.33. The number of fused-ring (bicyclic) bond motifs is 1. The Morgan fingerprint density at radius 1 is 0.393 bits per heavy atom. The summed E-state index contributed by atoms with van der Waals surface area (Å²) >= 11 is 5.25. The molecule has 0 aliphatic rings. The number of aliphatic hydroxyl groups excluding tert-OH is 1. The topological polar surface area (TPSA) is 913 Å². The summed E-state index contributed by atoms with van der Waals surface area (Å²) in [6.45, 7) is 39.7. The second-order valence-electron chi connectivity index (χ2n) is 27.9. The van der Waals surface area contributed by atoms with Crippen molar-refractivity contribution >= 4 is 171 Å². The number of carboxylic acids is 1. The minimum Gasteiger partial charge on any atom is -0.481 e. The fraction of sp³-hybridized carbons (Fsp3) is 0.677. The number of aromatic nitrogens is 1. The van der Waals surface area contributed by atoms with Gasteiger partial charge >= 0.3 is 5.97 Å². The molecule has 0 saturated carbocycles. The first-order valence-corrected chi connectivity index (χ1v) is 47.5. The van der Waals surface area contributed by atoms with Crippen molar-refractivity contribution in [2.24, 2.45) is 149 Å². The third-order valence-electron chi connectivity index (χ3n) is 12.1. The molecule has 140 heavy (non-hydrogen) atoms. The van der Waals surface area contributed by atoms with Gasteiger partial charge in [-0.25, -0.2) is 0 Å². The van der Waals surface area contributed by atoms with Gasteiger partial charge in [0.1, 0.15) is 113 Å². The Kier molecular flexibility index (Phi) is 271. The summed E-state index contributed by atoms with van der Waals surface area (Å²) in [6.07, 6.45) is 31.7. The summed E-state index contributed by atoms with van der Waals surface area (Å²) in [5, 5.41) is 17.2. The average Bonchev–Trinajstić information content (AvgIpc) is 1.69. The molecular formula is C93H210N22O21S3Y-2.